The van der Waals surface area contributed by atoms with Crippen molar-refractivity contribution in [3.63, 3.8) is 0 Å². The maximum Gasteiger partial charge on any atom is 0.0541 e. The number of rotatable bonds is 4. The first-order valence-corrected chi connectivity index (χ1v) is 20.8. The molecule has 2 nitrogen and oxygen atoms in total. The first kappa shape index (κ1) is 33.1. The number of hydrogen-bond donors (Lipinski definition) is 0. The summed E-state index contributed by atoms with van der Waals surface area (Å²) in [5.41, 5.74) is 12.0. The third-order valence-corrected chi connectivity index (χ3v) is 12.9. The second kappa shape index (κ2) is 12.8. The molecule has 0 saturated carbocycles. The summed E-state index contributed by atoms with van der Waals surface area (Å²) >= 11 is 0. The van der Waals surface area contributed by atoms with Crippen LogP contribution in [0, 0.1) is 0 Å². The second-order valence-electron chi connectivity index (χ2n) is 16.1. The Morgan fingerprint density at radius 3 is 1.28 bits per heavy atom. The average Bonchev–Trinajstić information content (AvgIpc) is 3.83. The molecule has 0 bridgehead atoms. The van der Waals surface area contributed by atoms with E-state index in [-0.39, 0.29) is 0 Å². The molecule has 2 heteroatoms. The van der Waals surface area contributed by atoms with Gasteiger partial charge >= 0.3 is 0 Å². The molecular weight excluding hydrogens is 725 g/mol. The summed E-state index contributed by atoms with van der Waals surface area (Å²) in [4.78, 5) is 0. The van der Waals surface area contributed by atoms with Gasteiger partial charge in [0.15, 0.2) is 0 Å². The Bertz CT molecular complexity index is 3860. The van der Waals surface area contributed by atoms with Crippen molar-refractivity contribution in [1.29, 1.82) is 0 Å². The smallest absolute Gasteiger partial charge is 0.0541 e. The lowest BCUT2D eigenvalue weighted by Gasteiger charge is -2.13. The van der Waals surface area contributed by atoms with E-state index < -0.39 is 0 Å². The molecule has 0 N–H and O–H groups in total. The molecule has 0 aliphatic carbocycles. The highest BCUT2D eigenvalue weighted by Crippen LogP contribution is 2.41. The summed E-state index contributed by atoms with van der Waals surface area (Å²) in [6.45, 7) is 0. The van der Waals surface area contributed by atoms with E-state index >= 15 is 0 Å². The Labute approximate surface area is 346 Å². The minimum atomic E-state index is 1.15. The predicted molar refractivity (Wildman–Crippen MR) is 256 cm³/mol. The van der Waals surface area contributed by atoms with Gasteiger partial charge in [0, 0.05) is 32.6 Å². The summed E-state index contributed by atoms with van der Waals surface area (Å²) in [7, 11) is 0. The van der Waals surface area contributed by atoms with Crippen LogP contribution < -0.4 is 0 Å². The molecule has 11 aromatic carbocycles. The molecule has 0 amide bonds. The zero-order valence-corrected chi connectivity index (χ0v) is 32.7. The van der Waals surface area contributed by atoms with Crippen LogP contribution in [-0.2, 0) is 0 Å². The maximum absolute atomic E-state index is 2.43. The minimum Gasteiger partial charge on any atom is -0.309 e. The van der Waals surface area contributed by atoms with E-state index in [1.54, 1.807) is 0 Å². The molecule has 0 atom stereocenters. The molecule has 0 aliphatic rings. The Morgan fingerprint density at radius 1 is 0.217 bits per heavy atom. The van der Waals surface area contributed by atoms with Crippen molar-refractivity contribution >= 4 is 86.7 Å². The van der Waals surface area contributed by atoms with E-state index in [1.165, 1.54) is 115 Å². The molecule has 0 unspecified atom stereocenters. The first-order valence-electron chi connectivity index (χ1n) is 20.8. The quantitative estimate of drug-likeness (QED) is 0.158. The van der Waals surface area contributed by atoms with Crippen LogP contribution in [0.1, 0.15) is 0 Å². The lowest BCUT2D eigenvalue weighted by molar-refractivity contribution is 1.18. The van der Waals surface area contributed by atoms with E-state index in [9.17, 15) is 0 Å². The molecule has 2 heterocycles. The van der Waals surface area contributed by atoms with Gasteiger partial charge in [0.05, 0.1) is 27.8 Å². The van der Waals surface area contributed by atoms with E-state index in [4.69, 9.17) is 0 Å². The zero-order chi connectivity index (χ0) is 39.3. The molecule has 0 saturated heterocycles. The van der Waals surface area contributed by atoms with Gasteiger partial charge in [-0.1, -0.05) is 158 Å². The monoisotopic (exact) mass is 760 g/mol. The molecule has 60 heavy (non-hydrogen) atoms. The van der Waals surface area contributed by atoms with Crippen molar-refractivity contribution in [3.8, 4) is 33.6 Å². The predicted octanol–water partition coefficient (Wildman–Crippen LogP) is 15.8. The summed E-state index contributed by atoms with van der Waals surface area (Å²) in [6.07, 6.45) is 0. The summed E-state index contributed by atoms with van der Waals surface area (Å²) < 4.78 is 4.87. The summed E-state index contributed by atoms with van der Waals surface area (Å²) in [5.74, 6) is 0. The first-order chi connectivity index (χ1) is 29.8. The van der Waals surface area contributed by atoms with E-state index in [2.05, 4.69) is 228 Å². The van der Waals surface area contributed by atoms with Gasteiger partial charge in [-0.2, -0.15) is 0 Å². The Balaban J connectivity index is 0.950. The largest absolute Gasteiger partial charge is 0.309 e. The van der Waals surface area contributed by atoms with Crippen molar-refractivity contribution in [1.82, 2.24) is 9.13 Å². The number of fused-ring (bicyclic) bond motifs is 13. The number of aromatic nitrogens is 2. The fourth-order valence-electron chi connectivity index (χ4n) is 10.2. The number of benzene rings is 11. The third-order valence-electron chi connectivity index (χ3n) is 12.9. The SMILES string of the molecule is c1cc(-c2ccc3c4ccccc4c4ccccc4c3c2)cc(-n2c3ccccc3c3cc(-c4ccc5c(c4)c4ccccc4n5-c4cccc5ccccc45)ccc32)c1. The molecule has 0 aliphatic heterocycles. The van der Waals surface area contributed by atoms with E-state index in [0.29, 0.717) is 0 Å². The van der Waals surface area contributed by atoms with Crippen molar-refractivity contribution in [2.75, 3.05) is 0 Å². The van der Waals surface area contributed by atoms with Gasteiger partial charge in [-0.15, -0.1) is 0 Å². The topological polar surface area (TPSA) is 9.86 Å². The van der Waals surface area contributed by atoms with Crippen LogP contribution in [0.15, 0.2) is 218 Å². The molecule has 0 spiro atoms. The van der Waals surface area contributed by atoms with Crippen LogP contribution in [0.5, 0.6) is 0 Å². The Hall–Kier alpha value is -7.94. The molecule has 13 aromatic rings. The molecule has 0 fully saturated rings. The Kier molecular flexibility index (Phi) is 7.05. The van der Waals surface area contributed by atoms with Gasteiger partial charge < -0.3 is 9.13 Å². The number of nitrogens with zero attached hydrogens (tertiary/aromatic N) is 2. The summed E-state index contributed by atoms with van der Waals surface area (Å²) in [6, 6.07) is 80.5. The lowest BCUT2D eigenvalue weighted by atomic mass is 9.92. The Morgan fingerprint density at radius 2 is 0.633 bits per heavy atom. The molecular formula is C58H36N2. The van der Waals surface area contributed by atoms with Crippen LogP contribution >= 0.6 is 0 Å². The molecule has 0 radical (unpaired) electrons. The normalized spacial score (nSPS) is 12.0. The standard InChI is InChI=1S/C58H36N2/c1-2-17-43-37(13-1)14-12-26-54(43)60-56-25-10-8-23-50(56)53-36-41(29-32-58(53)60)40-28-31-57-52(35-40)49-22-7-9-24-55(49)59(57)42-16-11-15-38(33-42)39-27-30-48-46-20-4-3-18-44(46)45-19-5-6-21-47(45)51(48)34-39/h1-36H. The van der Waals surface area contributed by atoms with Gasteiger partial charge in [0.2, 0.25) is 0 Å². The second-order valence-corrected chi connectivity index (χ2v) is 16.1. The van der Waals surface area contributed by atoms with Gasteiger partial charge in [0.25, 0.3) is 0 Å². The van der Waals surface area contributed by atoms with Crippen molar-refractivity contribution < 1.29 is 0 Å². The van der Waals surface area contributed by atoms with E-state index in [1.807, 2.05) is 0 Å². The fraction of sp³-hybridized carbons (Fsp3) is 0. The average molecular weight is 761 g/mol. The zero-order valence-electron chi connectivity index (χ0n) is 32.7. The van der Waals surface area contributed by atoms with Crippen molar-refractivity contribution in [3.05, 3.63) is 218 Å². The van der Waals surface area contributed by atoms with Crippen molar-refractivity contribution in [2.24, 2.45) is 0 Å². The number of hydrogen-bond acceptors (Lipinski definition) is 0. The van der Waals surface area contributed by atoms with Crippen LogP contribution in [-0.4, -0.2) is 9.13 Å². The van der Waals surface area contributed by atoms with Crippen LogP contribution in [0.2, 0.25) is 0 Å². The van der Waals surface area contributed by atoms with Gasteiger partial charge in [-0.25, -0.2) is 0 Å². The number of para-hydroxylation sites is 2. The highest BCUT2D eigenvalue weighted by Gasteiger charge is 2.18. The third kappa shape index (κ3) is 4.82. The highest BCUT2D eigenvalue weighted by atomic mass is 15.0. The molecule has 13 rings (SSSR count). The minimum absolute atomic E-state index is 1.15. The molecule has 2 aromatic heterocycles. The van der Waals surface area contributed by atoms with E-state index in [0.717, 1.165) is 5.69 Å². The van der Waals surface area contributed by atoms with Gasteiger partial charge in [-0.05, 0) is 121 Å². The lowest BCUT2D eigenvalue weighted by Crippen LogP contribution is -1.95. The van der Waals surface area contributed by atoms with Crippen LogP contribution in [0.4, 0.5) is 0 Å². The van der Waals surface area contributed by atoms with Crippen LogP contribution in [0.3, 0.4) is 0 Å². The maximum atomic E-state index is 2.43. The van der Waals surface area contributed by atoms with Gasteiger partial charge in [0.1, 0.15) is 0 Å². The molecule has 278 valence electrons. The van der Waals surface area contributed by atoms with Crippen molar-refractivity contribution in [2.45, 2.75) is 0 Å². The van der Waals surface area contributed by atoms with Crippen LogP contribution in [0.25, 0.3) is 120 Å². The summed E-state index contributed by atoms with van der Waals surface area (Å²) in [5, 5.41) is 15.3. The highest BCUT2D eigenvalue weighted by molar-refractivity contribution is 6.26. The fourth-order valence-corrected chi connectivity index (χ4v) is 10.2. The van der Waals surface area contributed by atoms with Gasteiger partial charge in [-0.3, -0.25) is 0 Å².